The summed E-state index contributed by atoms with van der Waals surface area (Å²) in [5.41, 5.74) is 9.32. The van der Waals surface area contributed by atoms with Crippen molar-refractivity contribution in [2.75, 3.05) is 0 Å². The predicted octanol–water partition coefficient (Wildman–Crippen LogP) is 1.05. The summed E-state index contributed by atoms with van der Waals surface area (Å²) >= 11 is 1.42. The summed E-state index contributed by atoms with van der Waals surface area (Å²) in [6, 6.07) is 1.89. The maximum atomic E-state index is 11.0. The van der Waals surface area contributed by atoms with Crippen LogP contribution in [0, 0.1) is 6.92 Å². The van der Waals surface area contributed by atoms with E-state index in [-0.39, 0.29) is 13.1 Å². The molecule has 0 aromatic carbocycles. The molecule has 0 fully saturated rings. The fourth-order valence-electron chi connectivity index (χ4n) is 2.51. The molecule has 0 unspecified atom stereocenters. The molecule has 0 saturated carbocycles. The molecule has 4 heterocycles. The fraction of sp³-hybridized carbons (Fsp3) is 0.214. The number of fused-ring (bicyclic) bond motifs is 2. The van der Waals surface area contributed by atoms with E-state index in [0.29, 0.717) is 11.3 Å². The van der Waals surface area contributed by atoms with Crippen molar-refractivity contribution in [3.8, 4) is 10.6 Å². The zero-order valence-electron chi connectivity index (χ0n) is 12.7. The third-order valence-corrected chi connectivity index (χ3v) is 4.66. The van der Waals surface area contributed by atoms with Crippen LogP contribution in [0.5, 0.6) is 0 Å². The number of hydrogen-bond donors (Lipinski definition) is 2. The van der Waals surface area contributed by atoms with Crippen LogP contribution in [0.2, 0.25) is 0 Å². The van der Waals surface area contributed by atoms with Gasteiger partial charge in [0.15, 0.2) is 11.3 Å². The summed E-state index contributed by atoms with van der Waals surface area (Å²) in [4.78, 5) is 19.9. The Bertz CT molecular complexity index is 1080. The minimum atomic E-state index is -0.979. The van der Waals surface area contributed by atoms with Crippen LogP contribution in [0.3, 0.4) is 0 Å². The number of carboxylic acids is 1. The van der Waals surface area contributed by atoms with Crippen LogP contribution in [0.15, 0.2) is 18.5 Å². The topological polar surface area (TPSA) is 124 Å². The van der Waals surface area contributed by atoms with Crippen LogP contribution in [0.4, 0.5) is 0 Å². The molecular formula is C14H13N7O2S. The maximum Gasteiger partial charge on any atom is 0.325 e. The molecule has 0 atom stereocenters. The van der Waals surface area contributed by atoms with Crippen molar-refractivity contribution in [2.45, 2.75) is 20.0 Å². The summed E-state index contributed by atoms with van der Waals surface area (Å²) in [6.07, 6.45) is 3.58. The monoisotopic (exact) mass is 343 g/mol. The minimum Gasteiger partial charge on any atom is -0.480 e. The lowest BCUT2D eigenvalue weighted by atomic mass is 10.3. The minimum absolute atomic E-state index is 0.223. The molecule has 0 bridgehead atoms. The average Bonchev–Trinajstić information content (AvgIpc) is 3.19. The Balaban J connectivity index is 1.86. The van der Waals surface area contributed by atoms with Crippen LogP contribution in [0.25, 0.3) is 26.6 Å². The van der Waals surface area contributed by atoms with Gasteiger partial charge in [0.2, 0.25) is 0 Å². The molecule has 0 amide bonds. The van der Waals surface area contributed by atoms with Gasteiger partial charge in [0.25, 0.3) is 0 Å². The molecule has 3 N–H and O–H groups in total. The number of nitrogens with zero attached hydrogens (tertiary/aromatic N) is 6. The number of rotatable bonds is 4. The van der Waals surface area contributed by atoms with Crippen molar-refractivity contribution in [3.63, 3.8) is 0 Å². The number of thiazole rings is 1. The third-order valence-electron chi connectivity index (χ3n) is 3.52. The SMILES string of the molecule is Cc1cc2ncc(-c3nc4c(s3)c(CN)nn4CC(=O)O)cn2n1. The Morgan fingerprint density at radius 3 is 3.00 bits per heavy atom. The van der Waals surface area contributed by atoms with Gasteiger partial charge in [0.05, 0.1) is 16.1 Å². The first-order valence-corrected chi connectivity index (χ1v) is 7.97. The van der Waals surface area contributed by atoms with E-state index in [1.807, 2.05) is 19.2 Å². The van der Waals surface area contributed by atoms with E-state index in [1.165, 1.54) is 16.0 Å². The quantitative estimate of drug-likeness (QED) is 0.567. The molecule has 4 aromatic heterocycles. The molecule has 122 valence electrons. The Morgan fingerprint density at radius 1 is 1.42 bits per heavy atom. The molecule has 0 aliphatic rings. The molecule has 0 aliphatic heterocycles. The van der Waals surface area contributed by atoms with Crippen LogP contribution in [-0.2, 0) is 17.9 Å². The van der Waals surface area contributed by atoms with Gasteiger partial charge in [-0.1, -0.05) is 0 Å². The molecule has 24 heavy (non-hydrogen) atoms. The van der Waals surface area contributed by atoms with Crippen molar-refractivity contribution in [1.29, 1.82) is 0 Å². The average molecular weight is 343 g/mol. The molecule has 0 aliphatic carbocycles. The molecule has 4 aromatic rings. The second-order valence-corrected chi connectivity index (χ2v) is 6.30. The number of carboxylic acid groups (broad SMARTS) is 1. The largest absolute Gasteiger partial charge is 0.480 e. The van der Waals surface area contributed by atoms with Crippen molar-refractivity contribution in [3.05, 3.63) is 29.8 Å². The van der Waals surface area contributed by atoms with Gasteiger partial charge in [0, 0.05) is 30.6 Å². The van der Waals surface area contributed by atoms with Crippen molar-refractivity contribution >= 4 is 33.3 Å². The van der Waals surface area contributed by atoms with Gasteiger partial charge in [-0.15, -0.1) is 11.3 Å². The molecule has 0 saturated heterocycles. The smallest absolute Gasteiger partial charge is 0.325 e. The first kappa shape index (κ1) is 14.7. The van der Waals surface area contributed by atoms with Gasteiger partial charge in [-0.3, -0.25) is 4.79 Å². The molecular weight excluding hydrogens is 330 g/mol. The second-order valence-electron chi connectivity index (χ2n) is 5.31. The van der Waals surface area contributed by atoms with Crippen LogP contribution in [0.1, 0.15) is 11.4 Å². The fourth-order valence-corrected chi connectivity index (χ4v) is 3.55. The summed E-state index contributed by atoms with van der Waals surface area (Å²) in [5, 5.41) is 18.3. The normalized spacial score (nSPS) is 11.6. The van der Waals surface area contributed by atoms with E-state index in [1.54, 1.807) is 10.7 Å². The number of carbonyl (C=O) groups is 1. The number of aryl methyl sites for hydroxylation is 1. The Labute approximate surface area is 139 Å². The number of hydrogen-bond acceptors (Lipinski definition) is 7. The van der Waals surface area contributed by atoms with Gasteiger partial charge >= 0.3 is 5.97 Å². The summed E-state index contributed by atoms with van der Waals surface area (Å²) in [6.45, 7) is 1.87. The first-order valence-electron chi connectivity index (χ1n) is 7.15. The second kappa shape index (κ2) is 5.35. The van der Waals surface area contributed by atoms with Gasteiger partial charge in [-0.2, -0.15) is 10.2 Å². The number of nitrogens with two attached hydrogens (primary N) is 1. The summed E-state index contributed by atoms with van der Waals surface area (Å²) < 4.78 is 3.86. The van der Waals surface area contributed by atoms with Crippen LogP contribution < -0.4 is 5.73 Å². The van der Waals surface area contributed by atoms with Crippen molar-refractivity contribution in [1.82, 2.24) is 29.4 Å². The lowest BCUT2D eigenvalue weighted by Crippen LogP contribution is -2.11. The van der Waals surface area contributed by atoms with E-state index >= 15 is 0 Å². The highest BCUT2D eigenvalue weighted by molar-refractivity contribution is 7.21. The van der Waals surface area contributed by atoms with Crippen molar-refractivity contribution < 1.29 is 9.90 Å². The summed E-state index contributed by atoms with van der Waals surface area (Å²) in [7, 11) is 0. The Morgan fingerprint density at radius 2 is 2.25 bits per heavy atom. The first-order chi connectivity index (χ1) is 11.5. The number of aromatic nitrogens is 6. The molecule has 0 radical (unpaired) electrons. The maximum absolute atomic E-state index is 11.0. The van der Waals surface area contributed by atoms with Crippen LogP contribution >= 0.6 is 11.3 Å². The third kappa shape index (κ3) is 2.32. The molecule has 0 spiro atoms. The van der Waals surface area contributed by atoms with Gasteiger partial charge in [-0.05, 0) is 6.92 Å². The molecule has 4 rings (SSSR count). The zero-order chi connectivity index (χ0) is 16.8. The van der Waals surface area contributed by atoms with Gasteiger partial charge in [0.1, 0.15) is 11.6 Å². The van der Waals surface area contributed by atoms with E-state index in [4.69, 9.17) is 10.8 Å². The Hall–Kier alpha value is -2.85. The van der Waals surface area contributed by atoms with Crippen LogP contribution in [-0.4, -0.2) is 40.4 Å². The van der Waals surface area contributed by atoms with E-state index in [2.05, 4.69) is 20.2 Å². The standard InChI is InChI=1S/C14H13N7O2S/c1-7-2-10-16-4-8(5-20(10)18-7)14-17-13-12(24-14)9(3-15)19-21(13)6-11(22)23/h2,4-5H,3,6,15H2,1H3,(H,22,23). The van der Waals surface area contributed by atoms with Gasteiger partial charge in [-0.25, -0.2) is 19.2 Å². The lowest BCUT2D eigenvalue weighted by Gasteiger charge is -1.98. The highest BCUT2D eigenvalue weighted by atomic mass is 32.1. The van der Waals surface area contributed by atoms with Gasteiger partial charge < -0.3 is 10.8 Å². The Kier molecular flexibility index (Phi) is 3.28. The zero-order valence-corrected chi connectivity index (χ0v) is 13.5. The lowest BCUT2D eigenvalue weighted by molar-refractivity contribution is -0.137. The van der Waals surface area contributed by atoms with E-state index in [9.17, 15) is 4.79 Å². The highest BCUT2D eigenvalue weighted by Crippen LogP contribution is 2.32. The number of aliphatic carboxylic acids is 1. The van der Waals surface area contributed by atoms with E-state index < -0.39 is 5.97 Å². The predicted molar refractivity (Wildman–Crippen MR) is 87.7 cm³/mol. The molecule has 10 heteroatoms. The summed E-state index contributed by atoms with van der Waals surface area (Å²) in [5.74, 6) is -0.979. The van der Waals surface area contributed by atoms with E-state index in [0.717, 1.165) is 26.6 Å². The van der Waals surface area contributed by atoms with Crippen molar-refractivity contribution in [2.24, 2.45) is 5.73 Å². The molecule has 9 nitrogen and oxygen atoms in total. The highest BCUT2D eigenvalue weighted by Gasteiger charge is 2.18.